The highest BCUT2D eigenvalue weighted by atomic mass is 16.6. The van der Waals surface area contributed by atoms with Crippen LogP contribution >= 0.6 is 0 Å². The molecule has 5 nitrogen and oxygen atoms in total. The zero-order valence-corrected chi connectivity index (χ0v) is 13.1. The first-order chi connectivity index (χ1) is 11.8. The molecule has 5 heteroatoms. The number of rotatable bonds is 4. The molecule has 1 fully saturated rings. The summed E-state index contributed by atoms with van der Waals surface area (Å²) in [6.45, 7) is 1.12. The second kappa shape index (κ2) is 6.35. The van der Waals surface area contributed by atoms with E-state index in [0.29, 0.717) is 24.9 Å². The molecular weight excluding hydrogens is 304 g/mol. The van der Waals surface area contributed by atoms with Gasteiger partial charge in [-0.1, -0.05) is 30.3 Å². The van der Waals surface area contributed by atoms with Crippen molar-refractivity contribution in [2.45, 2.75) is 12.3 Å². The van der Waals surface area contributed by atoms with Crippen LogP contribution in [0.25, 0.3) is 0 Å². The number of nitrogens with zero attached hydrogens (tertiary/aromatic N) is 1. The van der Waals surface area contributed by atoms with Gasteiger partial charge in [0.25, 0.3) is 0 Å². The van der Waals surface area contributed by atoms with E-state index < -0.39 is 0 Å². The standard InChI is InChI=1S/C19H18N2O3/c22-19(16-11-15(16)14-4-2-1-3-5-14)21-20-12-13-6-7-17-18(10-13)24-9-8-23-17/h1-7,10,12,15-16H,8-9,11H2,(H,21,22)/t15-,16+/m1/s1. The Hall–Kier alpha value is -2.82. The van der Waals surface area contributed by atoms with Gasteiger partial charge in [0.05, 0.1) is 6.21 Å². The molecule has 0 unspecified atom stereocenters. The van der Waals surface area contributed by atoms with Gasteiger partial charge in [-0.3, -0.25) is 4.79 Å². The van der Waals surface area contributed by atoms with Gasteiger partial charge in [-0.2, -0.15) is 5.10 Å². The van der Waals surface area contributed by atoms with Gasteiger partial charge in [0.2, 0.25) is 5.91 Å². The number of carbonyl (C=O) groups is 1. The van der Waals surface area contributed by atoms with Crippen LogP contribution in [0.15, 0.2) is 53.6 Å². The maximum Gasteiger partial charge on any atom is 0.243 e. The summed E-state index contributed by atoms with van der Waals surface area (Å²) < 4.78 is 11.0. The Bertz CT molecular complexity index is 773. The molecule has 0 radical (unpaired) electrons. The fourth-order valence-corrected chi connectivity index (χ4v) is 2.95. The van der Waals surface area contributed by atoms with E-state index in [4.69, 9.17) is 9.47 Å². The highest BCUT2D eigenvalue weighted by Gasteiger charge is 2.43. The van der Waals surface area contributed by atoms with Crippen molar-refractivity contribution in [1.29, 1.82) is 0 Å². The van der Waals surface area contributed by atoms with Crippen LogP contribution in [0.4, 0.5) is 0 Å². The molecule has 0 aromatic heterocycles. The molecule has 1 amide bonds. The van der Waals surface area contributed by atoms with E-state index in [2.05, 4.69) is 22.7 Å². The number of hydrogen-bond acceptors (Lipinski definition) is 4. The summed E-state index contributed by atoms with van der Waals surface area (Å²) in [5.74, 6) is 1.76. The Morgan fingerprint density at radius 2 is 1.88 bits per heavy atom. The second-order valence-electron chi connectivity index (χ2n) is 6.00. The lowest BCUT2D eigenvalue weighted by Gasteiger charge is -2.18. The van der Waals surface area contributed by atoms with E-state index in [0.717, 1.165) is 17.7 Å². The number of benzene rings is 2. The molecule has 2 atom stereocenters. The van der Waals surface area contributed by atoms with E-state index in [1.165, 1.54) is 5.56 Å². The zero-order chi connectivity index (χ0) is 16.4. The van der Waals surface area contributed by atoms with Gasteiger partial charge in [-0.05, 0) is 41.7 Å². The Morgan fingerprint density at radius 3 is 2.71 bits per heavy atom. The zero-order valence-electron chi connectivity index (χ0n) is 13.1. The third-order valence-corrected chi connectivity index (χ3v) is 4.31. The number of hydrogen-bond donors (Lipinski definition) is 1. The summed E-state index contributed by atoms with van der Waals surface area (Å²) >= 11 is 0. The predicted octanol–water partition coefficient (Wildman–Crippen LogP) is 2.71. The first-order valence-corrected chi connectivity index (χ1v) is 8.09. The Labute approximate surface area is 140 Å². The first kappa shape index (κ1) is 14.8. The van der Waals surface area contributed by atoms with Crippen molar-refractivity contribution in [1.82, 2.24) is 5.43 Å². The monoisotopic (exact) mass is 322 g/mol. The van der Waals surface area contributed by atoms with Crippen LogP contribution in [0.1, 0.15) is 23.5 Å². The van der Waals surface area contributed by atoms with Gasteiger partial charge in [0.1, 0.15) is 13.2 Å². The maximum absolute atomic E-state index is 12.1. The molecule has 24 heavy (non-hydrogen) atoms. The largest absolute Gasteiger partial charge is 0.486 e. The molecule has 1 aliphatic carbocycles. The molecule has 4 rings (SSSR count). The minimum absolute atomic E-state index is 0.0183. The summed E-state index contributed by atoms with van der Waals surface area (Å²) in [5, 5.41) is 4.06. The van der Waals surface area contributed by atoms with Gasteiger partial charge >= 0.3 is 0 Å². The number of ether oxygens (including phenoxy) is 2. The molecule has 2 aromatic carbocycles. The molecule has 2 aromatic rings. The van der Waals surface area contributed by atoms with Gasteiger partial charge in [-0.15, -0.1) is 0 Å². The van der Waals surface area contributed by atoms with E-state index in [1.54, 1.807) is 6.21 Å². The Balaban J connectivity index is 1.34. The van der Waals surface area contributed by atoms with Gasteiger partial charge in [-0.25, -0.2) is 5.43 Å². The topological polar surface area (TPSA) is 59.9 Å². The van der Waals surface area contributed by atoms with Gasteiger partial charge < -0.3 is 9.47 Å². The smallest absolute Gasteiger partial charge is 0.243 e. The quantitative estimate of drug-likeness (QED) is 0.695. The molecule has 1 N–H and O–H groups in total. The van der Waals surface area contributed by atoms with Crippen LogP contribution < -0.4 is 14.9 Å². The summed E-state index contributed by atoms with van der Waals surface area (Å²) in [4.78, 5) is 12.1. The van der Waals surface area contributed by atoms with Crippen LogP contribution in [-0.2, 0) is 4.79 Å². The maximum atomic E-state index is 12.1. The van der Waals surface area contributed by atoms with Gasteiger partial charge in [0.15, 0.2) is 11.5 Å². The Kier molecular flexibility index (Phi) is 3.91. The number of amides is 1. The lowest BCUT2D eigenvalue weighted by Crippen LogP contribution is -2.20. The highest BCUT2D eigenvalue weighted by molar-refractivity contribution is 5.86. The highest BCUT2D eigenvalue weighted by Crippen LogP contribution is 2.47. The predicted molar refractivity (Wildman–Crippen MR) is 90.5 cm³/mol. The number of hydrazone groups is 1. The van der Waals surface area contributed by atoms with Crippen molar-refractivity contribution in [3.05, 3.63) is 59.7 Å². The van der Waals surface area contributed by atoms with Gasteiger partial charge in [0, 0.05) is 5.92 Å². The third kappa shape index (κ3) is 3.11. The van der Waals surface area contributed by atoms with Crippen LogP contribution in [0.5, 0.6) is 11.5 Å². The second-order valence-corrected chi connectivity index (χ2v) is 6.00. The van der Waals surface area contributed by atoms with Crippen molar-refractivity contribution in [2.24, 2.45) is 11.0 Å². The molecule has 1 heterocycles. The SMILES string of the molecule is O=C(NN=Cc1ccc2c(c1)OCCO2)[C@H]1C[C@@H]1c1ccccc1. The van der Waals surface area contributed by atoms with E-state index in [-0.39, 0.29) is 11.8 Å². The molecule has 1 aliphatic heterocycles. The molecule has 0 spiro atoms. The lowest BCUT2D eigenvalue weighted by molar-refractivity contribution is -0.122. The van der Waals surface area contributed by atoms with E-state index in [9.17, 15) is 4.79 Å². The minimum Gasteiger partial charge on any atom is -0.486 e. The third-order valence-electron chi connectivity index (χ3n) is 4.31. The summed E-state index contributed by atoms with van der Waals surface area (Å²) in [6, 6.07) is 15.7. The summed E-state index contributed by atoms with van der Waals surface area (Å²) in [5.41, 5.74) is 4.70. The van der Waals surface area contributed by atoms with Crippen LogP contribution in [-0.4, -0.2) is 25.3 Å². The molecule has 122 valence electrons. The fourth-order valence-electron chi connectivity index (χ4n) is 2.95. The van der Waals surface area contributed by atoms with Crippen molar-refractivity contribution in [3.8, 4) is 11.5 Å². The van der Waals surface area contributed by atoms with E-state index >= 15 is 0 Å². The molecule has 1 saturated carbocycles. The van der Waals surface area contributed by atoms with E-state index in [1.807, 2.05) is 36.4 Å². The van der Waals surface area contributed by atoms with Crippen LogP contribution in [0.3, 0.4) is 0 Å². The molecule has 2 aliphatic rings. The lowest BCUT2D eigenvalue weighted by atomic mass is 10.1. The molecule has 0 saturated heterocycles. The molecular formula is C19H18N2O3. The van der Waals surface area contributed by atoms with Crippen molar-refractivity contribution < 1.29 is 14.3 Å². The van der Waals surface area contributed by atoms with Crippen LogP contribution in [0.2, 0.25) is 0 Å². The number of fused-ring (bicyclic) bond motifs is 1. The van der Waals surface area contributed by atoms with Crippen LogP contribution in [0, 0.1) is 5.92 Å². The normalized spacial score (nSPS) is 21.5. The average Bonchev–Trinajstić information content (AvgIpc) is 3.43. The fraction of sp³-hybridized carbons (Fsp3) is 0.263. The van der Waals surface area contributed by atoms with Crippen molar-refractivity contribution in [2.75, 3.05) is 13.2 Å². The van der Waals surface area contributed by atoms with Crippen molar-refractivity contribution in [3.63, 3.8) is 0 Å². The summed E-state index contributed by atoms with van der Waals surface area (Å²) in [7, 11) is 0. The minimum atomic E-state index is -0.0300. The average molecular weight is 322 g/mol. The molecule has 0 bridgehead atoms. The van der Waals surface area contributed by atoms with Crippen molar-refractivity contribution >= 4 is 12.1 Å². The first-order valence-electron chi connectivity index (χ1n) is 8.09. The number of carbonyl (C=O) groups excluding carboxylic acids is 1. The number of nitrogens with one attached hydrogen (secondary N) is 1. The summed E-state index contributed by atoms with van der Waals surface area (Å²) in [6.07, 6.45) is 2.51. The Morgan fingerprint density at radius 1 is 1.08 bits per heavy atom.